The summed E-state index contributed by atoms with van der Waals surface area (Å²) in [5.41, 5.74) is 0. The van der Waals surface area contributed by atoms with Crippen LogP contribution in [0.3, 0.4) is 0 Å². The Hall–Kier alpha value is -1.41. The molecule has 1 aromatic rings. The summed E-state index contributed by atoms with van der Waals surface area (Å²) in [5.74, 6) is 0.802. The molecule has 7 heteroatoms. The highest BCUT2D eigenvalue weighted by molar-refractivity contribution is 7.80. The lowest BCUT2D eigenvalue weighted by Gasteiger charge is -2.01. The topological polar surface area (TPSA) is 93.1 Å². The second-order valence-electron chi connectivity index (χ2n) is 2.89. The summed E-state index contributed by atoms with van der Waals surface area (Å²) in [7, 11) is -4.26. The van der Waals surface area contributed by atoms with Crippen LogP contribution >= 0.6 is 0 Å². The van der Waals surface area contributed by atoms with Gasteiger partial charge in [-0.2, -0.15) is 8.42 Å². The first-order chi connectivity index (χ1) is 8.49. The summed E-state index contributed by atoms with van der Waals surface area (Å²) in [5, 5.41) is 8.40. The highest BCUT2D eigenvalue weighted by atomic mass is 32.3. The molecule has 0 amide bonds. The van der Waals surface area contributed by atoms with E-state index in [-0.39, 0.29) is 13.2 Å². The van der Waals surface area contributed by atoms with E-state index in [1.807, 2.05) is 30.3 Å². The van der Waals surface area contributed by atoms with Crippen LogP contribution in [0.1, 0.15) is 0 Å². The Morgan fingerprint density at radius 2 is 1.89 bits per heavy atom. The molecule has 0 bridgehead atoms. The van der Waals surface area contributed by atoms with Crippen molar-refractivity contribution in [2.75, 3.05) is 19.8 Å². The van der Waals surface area contributed by atoms with Gasteiger partial charge >= 0.3 is 10.4 Å². The standard InChI is InChI=1S/C8H10O2.C3H6O4S/c9-6-7-10-8-4-2-1-3-5-8;1-2-3-7-8(4,5)6/h1-5,9H,6-7H2;2H,1,3H2,(H,4,5,6). The summed E-state index contributed by atoms with van der Waals surface area (Å²) >= 11 is 0. The van der Waals surface area contributed by atoms with Crippen molar-refractivity contribution in [1.29, 1.82) is 0 Å². The fourth-order valence-corrected chi connectivity index (χ4v) is 1.08. The van der Waals surface area contributed by atoms with E-state index in [0.717, 1.165) is 5.75 Å². The van der Waals surface area contributed by atoms with Gasteiger partial charge < -0.3 is 9.84 Å². The predicted molar refractivity (Wildman–Crippen MR) is 66.7 cm³/mol. The fourth-order valence-electron chi connectivity index (χ4n) is 0.814. The predicted octanol–water partition coefficient (Wildman–Crippen LogP) is 1.05. The van der Waals surface area contributed by atoms with Crippen molar-refractivity contribution in [1.82, 2.24) is 0 Å². The highest BCUT2D eigenvalue weighted by Gasteiger charge is 1.99. The molecule has 0 unspecified atom stereocenters. The third kappa shape index (κ3) is 11.1. The van der Waals surface area contributed by atoms with Crippen LogP contribution in [-0.4, -0.2) is 37.9 Å². The molecule has 1 rings (SSSR count). The molecule has 2 N–H and O–H groups in total. The molecule has 0 saturated carbocycles. The van der Waals surface area contributed by atoms with Gasteiger partial charge in [0.1, 0.15) is 12.4 Å². The van der Waals surface area contributed by atoms with Crippen LogP contribution in [0.4, 0.5) is 0 Å². The van der Waals surface area contributed by atoms with Gasteiger partial charge in [-0.1, -0.05) is 24.3 Å². The average molecular weight is 276 g/mol. The first-order valence-corrected chi connectivity index (χ1v) is 6.37. The van der Waals surface area contributed by atoms with Gasteiger partial charge in [-0.25, -0.2) is 4.18 Å². The van der Waals surface area contributed by atoms with Gasteiger partial charge in [-0.05, 0) is 12.1 Å². The van der Waals surface area contributed by atoms with Gasteiger partial charge in [0.05, 0.1) is 13.2 Å². The minimum atomic E-state index is -4.26. The van der Waals surface area contributed by atoms with Crippen molar-refractivity contribution >= 4 is 10.4 Å². The van der Waals surface area contributed by atoms with Crippen LogP contribution in [0.25, 0.3) is 0 Å². The molecule has 18 heavy (non-hydrogen) atoms. The Balaban J connectivity index is 0.000000331. The van der Waals surface area contributed by atoms with E-state index < -0.39 is 10.4 Å². The molecule has 0 aliphatic heterocycles. The second kappa shape index (κ2) is 9.60. The van der Waals surface area contributed by atoms with Gasteiger partial charge in [-0.3, -0.25) is 4.55 Å². The number of ether oxygens (including phenoxy) is 1. The van der Waals surface area contributed by atoms with Gasteiger partial charge in [0.25, 0.3) is 0 Å². The van der Waals surface area contributed by atoms with E-state index in [1.165, 1.54) is 6.08 Å². The summed E-state index contributed by atoms with van der Waals surface area (Å²) in [6.07, 6.45) is 1.22. The second-order valence-corrected chi connectivity index (χ2v) is 3.98. The van der Waals surface area contributed by atoms with Crippen molar-refractivity contribution in [3.63, 3.8) is 0 Å². The maximum Gasteiger partial charge on any atom is 0.397 e. The molecular weight excluding hydrogens is 260 g/mol. The van der Waals surface area contributed by atoms with Crippen molar-refractivity contribution in [2.45, 2.75) is 0 Å². The summed E-state index contributed by atoms with van der Waals surface area (Å²) < 4.78 is 36.1. The van der Waals surface area contributed by atoms with Gasteiger partial charge in [0, 0.05) is 0 Å². The summed E-state index contributed by atoms with van der Waals surface area (Å²) in [6.45, 7) is 3.40. The molecule has 0 saturated heterocycles. The van der Waals surface area contributed by atoms with E-state index in [2.05, 4.69) is 10.8 Å². The molecule has 102 valence electrons. The number of benzene rings is 1. The third-order valence-electron chi connectivity index (χ3n) is 1.44. The number of rotatable bonds is 6. The van der Waals surface area contributed by atoms with Crippen LogP contribution in [0.5, 0.6) is 5.75 Å². The minimum Gasteiger partial charge on any atom is -0.491 e. The molecule has 0 radical (unpaired) electrons. The maximum absolute atomic E-state index is 9.68. The number of aliphatic hydroxyl groups excluding tert-OH is 1. The van der Waals surface area contributed by atoms with Crippen molar-refractivity contribution in [3.05, 3.63) is 43.0 Å². The molecule has 0 atom stereocenters. The van der Waals surface area contributed by atoms with Crippen LogP contribution < -0.4 is 4.74 Å². The number of hydrogen-bond donors (Lipinski definition) is 2. The van der Waals surface area contributed by atoms with E-state index in [4.69, 9.17) is 14.4 Å². The van der Waals surface area contributed by atoms with E-state index in [0.29, 0.717) is 6.61 Å². The largest absolute Gasteiger partial charge is 0.491 e. The van der Waals surface area contributed by atoms with Crippen molar-refractivity contribution < 1.29 is 27.0 Å². The van der Waals surface area contributed by atoms with Crippen LogP contribution in [0, 0.1) is 0 Å². The number of para-hydroxylation sites is 1. The SMILES string of the molecule is C=CCOS(=O)(=O)O.OCCOc1ccccc1. The van der Waals surface area contributed by atoms with Crippen molar-refractivity contribution in [2.24, 2.45) is 0 Å². The first kappa shape index (κ1) is 16.6. The summed E-state index contributed by atoms with van der Waals surface area (Å²) in [4.78, 5) is 0. The zero-order valence-electron chi connectivity index (χ0n) is 9.73. The molecule has 0 aliphatic rings. The normalized spacial score (nSPS) is 10.1. The van der Waals surface area contributed by atoms with E-state index >= 15 is 0 Å². The number of aliphatic hydroxyl groups is 1. The Bertz CT molecular complexity index is 414. The quantitative estimate of drug-likeness (QED) is 0.596. The molecule has 0 aromatic heterocycles. The van der Waals surface area contributed by atoms with E-state index in [9.17, 15) is 8.42 Å². The van der Waals surface area contributed by atoms with Crippen LogP contribution in [-0.2, 0) is 14.6 Å². The third-order valence-corrected chi connectivity index (χ3v) is 1.87. The molecule has 0 aliphatic carbocycles. The Morgan fingerprint density at radius 3 is 2.28 bits per heavy atom. The molecule has 6 nitrogen and oxygen atoms in total. The maximum atomic E-state index is 9.68. The zero-order chi connectivity index (χ0) is 13.9. The molecule has 0 heterocycles. The Kier molecular flexibility index (Phi) is 8.85. The highest BCUT2D eigenvalue weighted by Crippen LogP contribution is 2.07. The monoisotopic (exact) mass is 276 g/mol. The van der Waals surface area contributed by atoms with Crippen molar-refractivity contribution in [3.8, 4) is 5.75 Å². The Labute approximate surface area is 106 Å². The lowest BCUT2D eigenvalue weighted by atomic mass is 10.3. The first-order valence-electron chi connectivity index (χ1n) is 5.01. The number of hydrogen-bond acceptors (Lipinski definition) is 5. The zero-order valence-corrected chi connectivity index (χ0v) is 10.5. The molecule has 1 aromatic carbocycles. The van der Waals surface area contributed by atoms with Gasteiger partial charge in [0.2, 0.25) is 0 Å². The minimum absolute atomic E-state index is 0.0644. The lowest BCUT2D eigenvalue weighted by molar-refractivity contribution is 0.201. The lowest BCUT2D eigenvalue weighted by Crippen LogP contribution is -2.02. The van der Waals surface area contributed by atoms with Gasteiger partial charge in [0.15, 0.2) is 0 Å². The smallest absolute Gasteiger partial charge is 0.397 e. The molecule has 0 fully saturated rings. The van der Waals surface area contributed by atoms with Gasteiger partial charge in [-0.15, -0.1) is 6.58 Å². The molecule has 0 spiro atoms. The van der Waals surface area contributed by atoms with Crippen LogP contribution in [0.2, 0.25) is 0 Å². The fraction of sp³-hybridized carbons (Fsp3) is 0.273. The molecular formula is C11H16O6S. The average Bonchev–Trinajstić information content (AvgIpc) is 2.35. The summed E-state index contributed by atoms with van der Waals surface area (Å²) in [6, 6.07) is 9.43. The van der Waals surface area contributed by atoms with Crippen LogP contribution in [0.15, 0.2) is 43.0 Å². The Morgan fingerprint density at radius 1 is 1.28 bits per heavy atom. The van der Waals surface area contributed by atoms with E-state index in [1.54, 1.807) is 0 Å².